The van der Waals surface area contributed by atoms with Crippen molar-refractivity contribution in [3.8, 4) is 0 Å². The van der Waals surface area contributed by atoms with Crippen LogP contribution in [0.5, 0.6) is 0 Å². The number of hydrogen-bond acceptors (Lipinski definition) is 4. The third-order valence-corrected chi connectivity index (χ3v) is 5.39. The van der Waals surface area contributed by atoms with Gasteiger partial charge in [-0.15, -0.1) is 0 Å². The van der Waals surface area contributed by atoms with Gasteiger partial charge in [0.05, 0.1) is 0 Å². The Hall–Kier alpha value is -1.89. The van der Waals surface area contributed by atoms with Crippen molar-refractivity contribution in [3.05, 3.63) is 18.0 Å². The number of aryl methyl sites for hydroxylation is 1. The first-order chi connectivity index (χ1) is 12.7. The van der Waals surface area contributed by atoms with Crippen LogP contribution in [0, 0.1) is 11.8 Å². The molecule has 2 fully saturated rings. The van der Waals surface area contributed by atoms with Gasteiger partial charge in [-0.1, -0.05) is 0 Å². The van der Waals surface area contributed by atoms with E-state index in [0.717, 1.165) is 58.5 Å². The van der Waals surface area contributed by atoms with Crippen LogP contribution in [0.4, 0.5) is 0 Å². The van der Waals surface area contributed by atoms with E-state index in [1.807, 2.05) is 18.0 Å². The molecule has 144 valence electrons. The Kier molecular flexibility index (Phi) is 6.66. The smallest absolute Gasteiger partial charge is 0.274 e. The highest BCUT2D eigenvalue weighted by molar-refractivity contribution is 5.92. The second-order valence-electron chi connectivity index (χ2n) is 7.38. The Balaban J connectivity index is 1.45. The van der Waals surface area contributed by atoms with Crippen molar-refractivity contribution in [1.29, 1.82) is 0 Å². The lowest BCUT2D eigenvalue weighted by Gasteiger charge is -2.32. The van der Waals surface area contributed by atoms with Gasteiger partial charge < -0.3 is 15.0 Å². The number of amides is 2. The van der Waals surface area contributed by atoms with Gasteiger partial charge >= 0.3 is 0 Å². The number of carbonyl (C=O) groups excluding carboxylic acids is 2. The molecule has 0 bridgehead atoms. The third-order valence-electron chi connectivity index (χ3n) is 5.39. The summed E-state index contributed by atoms with van der Waals surface area (Å²) in [6.45, 7) is 6.48. The molecule has 1 aromatic heterocycles. The van der Waals surface area contributed by atoms with Gasteiger partial charge in [0, 0.05) is 52.0 Å². The molecule has 0 radical (unpaired) electrons. The highest BCUT2D eigenvalue weighted by Gasteiger charge is 2.27. The number of likely N-dealkylation sites (tertiary alicyclic amines) is 1. The molecule has 2 aliphatic rings. The maximum Gasteiger partial charge on any atom is 0.274 e. The van der Waals surface area contributed by atoms with Gasteiger partial charge in [-0.2, -0.15) is 5.10 Å². The van der Waals surface area contributed by atoms with Crippen LogP contribution in [0.2, 0.25) is 0 Å². The summed E-state index contributed by atoms with van der Waals surface area (Å²) in [6, 6.07) is 1.77. The summed E-state index contributed by atoms with van der Waals surface area (Å²) in [5, 5.41) is 7.38. The van der Waals surface area contributed by atoms with Crippen LogP contribution in [0.25, 0.3) is 0 Å². The molecular weight excluding hydrogens is 332 g/mol. The van der Waals surface area contributed by atoms with E-state index in [-0.39, 0.29) is 17.7 Å². The molecule has 1 atom stereocenters. The summed E-state index contributed by atoms with van der Waals surface area (Å²) < 4.78 is 7.11. The first-order valence-electron chi connectivity index (χ1n) is 9.83. The number of carbonyl (C=O) groups is 2. The molecule has 0 spiro atoms. The third kappa shape index (κ3) is 5.06. The molecule has 7 nitrogen and oxygen atoms in total. The zero-order valence-corrected chi connectivity index (χ0v) is 15.7. The van der Waals surface area contributed by atoms with Gasteiger partial charge in [0.15, 0.2) is 0 Å². The van der Waals surface area contributed by atoms with Gasteiger partial charge in [-0.3, -0.25) is 14.3 Å². The zero-order valence-electron chi connectivity index (χ0n) is 15.7. The van der Waals surface area contributed by atoms with Gasteiger partial charge in [0.25, 0.3) is 5.91 Å². The van der Waals surface area contributed by atoms with Crippen molar-refractivity contribution in [3.63, 3.8) is 0 Å². The molecule has 1 N–H and O–H groups in total. The zero-order chi connectivity index (χ0) is 18.4. The Morgan fingerprint density at radius 1 is 1.27 bits per heavy atom. The lowest BCUT2D eigenvalue weighted by molar-refractivity contribution is -0.122. The maximum absolute atomic E-state index is 12.6. The highest BCUT2D eigenvalue weighted by atomic mass is 16.5. The van der Waals surface area contributed by atoms with Crippen molar-refractivity contribution >= 4 is 11.8 Å². The molecule has 1 unspecified atom stereocenters. The van der Waals surface area contributed by atoms with Gasteiger partial charge in [-0.25, -0.2) is 0 Å². The summed E-state index contributed by atoms with van der Waals surface area (Å²) in [4.78, 5) is 26.8. The van der Waals surface area contributed by atoms with Crippen molar-refractivity contribution in [2.75, 3.05) is 32.8 Å². The minimum Gasteiger partial charge on any atom is -0.381 e. The van der Waals surface area contributed by atoms with Crippen LogP contribution in [0.1, 0.15) is 49.5 Å². The molecule has 1 aromatic rings. The minimum absolute atomic E-state index is 0.0236. The van der Waals surface area contributed by atoms with Crippen molar-refractivity contribution in [2.24, 2.45) is 11.8 Å². The highest BCUT2D eigenvalue weighted by Crippen LogP contribution is 2.21. The Bertz CT molecular complexity index is 610. The van der Waals surface area contributed by atoms with E-state index < -0.39 is 0 Å². The first-order valence-corrected chi connectivity index (χ1v) is 9.83. The van der Waals surface area contributed by atoms with Crippen LogP contribution < -0.4 is 5.32 Å². The summed E-state index contributed by atoms with van der Waals surface area (Å²) >= 11 is 0. The first kappa shape index (κ1) is 18.9. The molecule has 0 saturated carbocycles. The average molecular weight is 362 g/mol. The Labute approximate surface area is 155 Å². The lowest BCUT2D eigenvalue weighted by atomic mass is 9.94. The van der Waals surface area contributed by atoms with Crippen LogP contribution in [-0.4, -0.2) is 59.3 Å². The summed E-state index contributed by atoms with van der Waals surface area (Å²) in [5.41, 5.74) is 0.497. The molecule has 0 aliphatic carbocycles. The average Bonchev–Trinajstić information content (AvgIpc) is 3.16. The topological polar surface area (TPSA) is 76.5 Å². The monoisotopic (exact) mass is 362 g/mol. The number of nitrogens with one attached hydrogen (secondary N) is 1. The normalized spacial score (nSPS) is 21.6. The minimum atomic E-state index is -0.0236. The molecular formula is C19H30N4O3. The molecule has 2 aliphatic heterocycles. The predicted octanol–water partition coefficient (Wildman–Crippen LogP) is 1.69. The van der Waals surface area contributed by atoms with E-state index in [1.54, 1.807) is 10.7 Å². The van der Waals surface area contributed by atoms with Crippen molar-refractivity contribution < 1.29 is 14.3 Å². The molecule has 2 saturated heterocycles. The van der Waals surface area contributed by atoms with Gasteiger partial charge in [0.2, 0.25) is 5.91 Å². The van der Waals surface area contributed by atoms with Crippen molar-refractivity contribution in [2.45, 2.75) is 45.6 Å². The van der Waals surface area contributed by atoms with Crippen LogP contribution in [0.15, 0.2) is 12.3 Å². The van der Waals surface area contributed by atoms with Gasteiger partial charge in [0.1, 0.15) is 5.69 Å². The fourth-order valence-corrected chi connectivity index (χ4v) is 3.77. The molecule has 3 heterocycles. The lowest BCUT2D eigenvalue weighted by Crippen LogP contribution is -2.42. The Morgan fingerprint density at radius 2 is 2.08 bits per heavy atom. The summed E-state index contributed by atoms with van der Waals surface area (Å²) in [7, 11) is 0. The van der Waals surface area contributed by atoms with Crippen LogP contribution in [0.3, 0.4) is 0 Å². The SMILES string of the molecule is CCn1ccc(C(=O)N2CCCC(CC(=O)NCC3CCOCC3)C2)n1. The number of ether oxygens (including phenoxy) is 1. The number of piperidine rings is 1. The molecule has 7 heteroatoms. The summed E-state index contributed by atoms with van der Waals surface area (Å²) in [6.07, 6.45) is 6.32. The maximum atomic E-state index is 12.6. The van der Waals surface area contributed by atoms with Gasteiger partial charge in [-0.05, 0) is 50.5 Å². The number of hydrogen-bond donors (Lipinski definition) is 1. The van der Waals surface area contributed by atoms with E-state index in [2.05, 4.69) is 10.4 Å². The van der Waals surface area contributed by atoms with E-state index in [0.29, 0.717) is 24.6 Å². The molecule has 3 rings (SSSR count). The number of rotatable bonds is 6. The standard InChI is InChI=1S/C19H30N4O3/c1-2-23-9-5-17(21-23)19(25)22-8-3-4-16(14-22)12-18(24)20-13-15-6-10-26-11-7-15/h5,9,15-16H,2-4,6-8,10-14H2,1H3,(H,20,24). The van der Waals surface area contributed by atoms with E-state index in [4.69, 9.17) is 4.74 Å². The quantitative estimate of drug-likeness (QED) is 0.835. The second-order valence-corrected chi connectivity index (χ2v) is 7.38. The Morgan fingerprint density at radius 3 is 2.81 bits per heavy atom. The number of nitrogens with zero attached hydrogens (tertiary/aromatic N) is 3. The van der Waals surface area contributed by atoms with Crippen LogP contribution in [-0.2, 0) is 16.1 Å². The molecule has 2 amide bonds. The molecule has 0 aromatic carbocycles. The van der Waals surface area contributed by atoms with E-state index in [1.165, 1.54) is 0 Å². The van der Waals surface area contributed by atoms with Crippen LogP contribution >= 0.6 is 0 Å². The molecule has 26 heavy (non-hydrogen) atoms. The van der Waals surface area contributed by atoms with Crippen molar-refractivity contribution in [1.82, 2.24) is 20.0 Å². The fraction of sp³-hybridized carbons (Fsp3) is 0.737. The predicted molar refractivity (Wildman–Crippen MR) is 97.7 cm³/mol. The summed E-state index contributed by atoms with van der Waals surface area (Å²) in [5.74, 6) is 0.844. The number of aromatic nitrogens is 2. The second kappa shape index (κ2) is 9.16. The fourth-order valence-electron chi connectivity index (χ4n) is 3.77. The largest absolute Gasteiger partial charge is 0.381 e. The van der Waals surface area contributed by atoms with E-state index in [9.17, 15) is 9.59 Å². The van der Waals surface area contributed by atoms with E-state index >= 15 is 0 Å².